The summed E-state index contributed by atoms with van der Waals surface area (Å²) in [7, 11) is 2.21. The van der Waals surface area contributed by atoms with Crippen LogP contribution in [0.1, 0.15) is 33.1 Å². The third kappa shape index (κ3) is 6.23. The number of carbonyl (C=O) groups is 1. The van der Waals surface area contributed by atoms with Gasteiger partial charge in [0, 0.05) is 32.2 Å². The summed E-state index contributed by atoms with van der Waals surface area (Å²) in [5.41, 5.74) is 0. The number of hydrogen-bond acceptors (Lipinski definition) is 4. The third-order valence-corrected chi connectivity index (χ3v) is 4.97. The van der Waals surface area contributed by atoms with Gasteiger partial charge < -0.3 is 15.1 Å². The van der Waals surface area contributed by atoms with Crippen LogP contribution in [0.2, 0.25) is 0 Å². The number of amides is 1. The first kappa shape index (κ1) is 17.7. The van der Waals surface area contributed by atoms with Crippen LogP contribution >= 0.6 is 0 Å². The van der Waals surface area contributed by atoms with Gasteiger partial charge in [-0.15, -0.1) is 0 Å². The van der Waals surface area contributed by atoms with Crippen molar-refractivity contribution < 1.29 is 4.79 Å². The first-order valence-electron chi connectivity index (χ1n) is 8.95. The molecule has 2 aliphatic heterocycles. The van der Waals surface area contributed by atoms with Crippen LogP contribution in [0, 0.1) is 5.92 Å². The molecule has 5 nitrogen and oxygen atoms in total. The Kier molecular flexibility index (Phi) is 7.12. The molecule has 128 valence electrons. The molecule has 0 saturated carbocycles. The zero-order valence-electron chi connectivity index (χ0n) is 14.7. The monoisotopic (exact) mass is 310 g/mol. The molecule has 2 heterocycles. The average molecular weight is 310 g/mol. The molecule has 5 heteroatoms. The lowest BCUT2D eigenvalue weighted by Crippen LogP contribution is -2.46. The summed E-state index contributed by atoms with van der Waals surface area (Å²) in [6.45, 7) is 12.9. The number of likely N-dealkylation sites (tertiary alicyclic amines) is 1. The zero-order valence-corrected chi connectivity index (χ0v) is 14.7. The number of piperidine rings is 1. The van der Waals surface area contributed by atoms with Crippen molar-refractivity contribution in [3.8, 4) is 0 Å². The van der Waals surface area contributed by atoms with E-state index in [0.717, 1.165) is 19.0 Å². The van der Waals surface area contributed by atoms with Crippen LogP contribution in [0.5, 0.6) is 0 Å². The molecular weight excluding hydrogens is 276 g/mol. The van der Waals surface area contributed by atoms with E-state index >= 15 is 0 Å². The van der Waals surface area contributed by atoms with Crippen LogP contribution < -0.4 is 5.32 Å². The Morgan fingerprint density at radius 2 is 1.68 bits per heavy atom. The van der Waals surface area contributed by atoms with Crippen molar-refractivity contribution in [1.29, 1.82) is 0 Å². The highest BCUT2D eigenvalue weighted by molar-refractivity contribution is 5.78. The van der Waals surface area contributed by atoms with E-state index in [0.29, 0.717) is 6.54 Å². The Morgan fingerprint density at radius 1 is 1.05 bits per heavy atom. The van der Waals surface area contributed by atoms with Crippen LogP contribution in [0.4, 0.5) is 0 Å². The number of piperazine rings is 1. The second-order valence-corrected chi connectivity index (χ2v) is 7.38. The molecule has 0 radical (unpaired) electrons. The summed E-state index contributed by atoms with van der Waals surface area (Å²) in [6.07, 6.45) is 3.83. The zero-order chi connectivity index (χ0) is 15.9. The Hall–Kier alpha value is -0.650. The molecule has 0 aliphatic carbocycles. The molecule has 1 N–H and O–H groups in total. The number of likely N-dealkylation sites (N-methyl/N-ethyl adjacent to an activating group) is 1. The van der Waals surface area contributed by atoms with Crippen LogP contribution in [-0.4, -0.2) is 86.1 Å². The minimum Gasteiger partial charge on any atom is -0.353 e. The minimum absolute atomic E-state index is 0.172. The van der Waals surface area contributed by atoms with Crippen molar-refractivity contribution in [1.82, 2.24) is 20.0 Å². The molecule has 0 spiro atoms. The molecular formula is C17H34N4O. The predicted octanol–water partition coefficient (Wildman–Crippen LogP) is 0.861. The van der Waals surface area contributed by atoms with Gasteiger partial charge in [-0.2, -0.15) is 0 Å². The molecule has 2 rings (SSSR count). The van der Waals surface area contributed by atoms with Crippen molar-refractivity contribution in [2.45, 2.75) is 39.2 Å². The molecule has 0 aromatic rings. The van der Waals surface area contributed by atoms with Gasteiger partial charge in [0.2, 0.25) is 5.91 Å². The van der Waals surface area contributed by atoms with Gasteiger partial charge >= 0.3 is 0 Å². The highest BCUT2D eigenvalue weighted by Crippen LogP contribution is 2.20. The highest BCUT2D eigenvalue weighted by Gasteiger charge is 2.22. The molecule has 0 unspecified atom stereocenters. The summed E-state index contributed by atoms with van der Waals surface area (Å²) in [4.78, 5) is 19.1. The van der Waals surface area contributed by atoms with E-state index in [1.54, 1.807) is 0 Å². The van der Waals surface area contributed by atoms with E-state index in [9.17, 15) is 4.79 Å². The lowest BCUT2D eigenvalue weighted by Gasteiger charge is -2.35. The summed E-state index contributed by atoms with van der Waals surface area (Å²) in [6, 6.07) is 0.244. The molecule has 2 aliphatic rings. The highest BCUT2D eigenvalue weighted by atomic mass is 16.2. The van der Waals surface area contributed by atoms with Gasteiger partial charge in [0.15, 0.2) is 0 Å². The van der Waals surface area contributed by atoms with E-state index in [2.05, 4.69) is 27.1 Å². The van der Waals surface area contributed by atoms with Crippen LogP contribution in [0.3, 0.4) is 0 Å². The van der Waals surface area contributed by atoms with Gasteiger partial charge in [-0.05, 0) is 65.7 Å². The number of nitrogens with zero attached hydrogens (tertiary/aromatic N) is 3. The summed E-state index contributed by atoms with van der Waals surface area (Å²) >= 11 is 0. The normalized spacial score (nSPS) is 23.1. The Labute approximate surface area is 136 Å². The second kappa shape index (κ2) is 8.85. The quantitative estimate of drug-likeness (QED) is 0.790. The van der Waals surface area contributed by atoms with Gasteiger partial charge in [0.05, 0.1) is 6.54 Å². The van der Waals surface area contributed by atoms with Crippen molar-refractivity contribution in [2.24, 2.45) is 5.92 Å². The first-order valence-corrected chi connectivity index (χ1v) is 8.95. The average Bonchev–Trinajstić information content (AvgIpc) is 2.47. The van der Waals surface area contributed by atoms with E-state index in [1.165, 1.54) is 52.0 Å². The minimum atomic E-state index is 0.172. The molecule has 0 aromatic carbocycles. The van der Waals surface area contributed by atoms with Crippen LogP contribution in [-0.2, 0) is 4.79 Å². The lowest BCUT2D eigenvalue weighted by molar-refractivity contribution is -0.123. The number of carbonyl (C=O) groups excluding carboxylic acids is 1. The summed E-state index contributed by atoms with van der Waals surface area (Å²) in [5.74, 6) is 1.02. The molecule has 22 heavy (non-hydrogen) atoms. The van der Waals surface area contributed by atoms with Gasteiger partial charge in [-0.25, -0.2) is 0 Å². The maximum absolute atomic E-state index is 11.8. The second-order valence-electron chi connectivity index (χ2n) is 7.38. The van der Waals surface area contributed by atoms with Crippen molar-refractivity contribution >= 4 is 5.91 Å². The molecule has 1 amide bonds. The van der Waals surface area contributed by atoms with Crippen LogP contribution in [0.15, 0.2) is 0 Å². The van der Waals surface area contributed by atoms with E-state index in [4.69, 9.17) is 0 Å². The molecule has 2 saturated heterocycles. The first-order chi connectivity index (χ1) is 10.5. The summed E-state index contributed by atoms with van der Waals surface area (Å²) < 4.78 is 0. The van der Waals surface area contributed by atoms with Gasteiger partial charge in [-0.1, -0.05) is 0 Å². The van der Waals surface area contributed by atoms with Crippen molar-refractivity contribution in [3.63, 3.8) is 0 Å². The fraction of sp³-hybridized carbons (Fsp3) is 0.941. The largest absolute Gasteiger partial charge is 0.353 e. The van der Waals surface area contributed by atoms with Crippen molar-refractivity contribution in [2.75, 3.05) is 59.4 Å². The summed E-state index contributed by atoms with van der Waals surface area (Å²) in [5, 5.41) is 2.98. The SMILES string of the molecule is CC(C)NC(=O)CN1CCC(CCN2CCN(C)CC2)CC1. The van der Waals surface area contributed by atoms with Gasteiger partial charge in [0.1, 0.15) is 0 Å². The molecule has 2 fully saturated rings. The standard InChI is InChI=1S/C17H34N4O/c1-15(2)18-17(22)14-21-8-5-16(6-9-21)4-7-20-12-10-19(3)11-13-20/h15-16H,4-14H2,1-3H3,(H,18,22). The van der Waals surface area contributed by atoms with E-state index in [1.807, 2.05) is 13.8 Å². The van der Waals surface area contributed by atoms with E-state index < -0.39 is 0 Å². The predicted molar refractivity (Wildman–Crippen MR) is 91.0 cm³/mol. The van der Waals surface area contributed by atoms with Crippen molar-refractivity contribution in [3.05, 3.63) is 0 Å². The Bertz CT molecular complexity index is 332. The number of rotatable bonds is 6. The van der Waals surface area contributed by atoms with Gasteiger partial charge in [0.25, 0.3) is 0 Å². The van der Waals surface area contributed by atoms with E-state index in [-0.39, 0.29) is 11.9 Å². The third-order valence-electron chi connectivity index (χ3n) is 4.97. The molecule has 0 bridgehead atoms. The molecule has 0 atom stereocenters. The fourth-order valence-corrected chi connectivity index (χ4v) is 3.44. The fourth-order valence-electron chi connectivity index (χ4n) is 3.44. The maximum Gasteiger partial charge on any atom is 0.234 e. The Balaban J connectivity index is 1.58. The van der Waals surface area contributed by atoms with Crippen LogP contribution in [0.25, 0.3) is 0 Å². The Morgan fingerprint density at radius 3 is 2.27 bits per heavy atom. The van der Waals surface area contributed by atoms with Gasteiger partial charge in [-0.3, -0.25) is 9.69 Å². The number of nitrogens with one attached hydrogen (secondary N) is 1. The lowest BCUT2D eigenvalue weighted by atomic mass is 9.93. The topological polar surface area (TPSA) is 38.8 Å². The number of hydrogen-bond donors (Lipinski definition) is 1. The molecule has 0 aromatic heterocycles. The smallest absolute Gasteiger partial charge is 0.234 e. The maximum atomic E-state index is 11.8.